The van der Waals surface area contributed by atoms with E-state index in [1.807, 2.05) is 41.5 Å². The average Bonchev–Trinajstić information content (AvgIpc) is 2.70. The van der Waals surface area contributed by atoms with Crippen molar-refractivity contribution in [3.63, 3.8) is 0 Å². The van der Waals surface area contributed by atoms with Crippen LogP contribution in [0, 0.1) is 11.8 Å². The fourth-order valence-electron chi connectivity index (χ4n) is 4.63. The second kappa shape index (κ2) is 15.9. The zero-order valence-electron chi connectivity index (χ0n) is 23.4. The van der Waals surface area contributed by atoms with Crippen LogP contribution in [0.5, 0.6) is 0 Å². The van der Waals surface area contributed by atoms with Crippen molar-refractivity contribution in [2.45, 2.75) is 142 Å². The minimum absolute atomic E-state index is 0.0715. The molecule has 0 aromatic heterocycles. The summed E-state index contributed by atoms with van der Waals surface area (Å²) in [5.74, 6) is -0.143. The molecule has 2 saturated carbocycles. The van der Waals surface area contributed by atoms with E-state index in [1.54, 1.807) is 0 Å². The highest BCUT2D eigenvalue weighted by atomic mass is 16.6. The number of amides is 2. The largest absolute Gasteiger partial charge is 0.444 e. The van der Waals surface area contributed by atoms with Gasteiger partial charge in [-0.25, -0.2) is 9.59 Å². The Bertz CT molecular complexity index is 625. The van der Waals surface area contributed by atoms with Gasteiger partial charge in [0.05, 0.1) is 0 Å². The number of alkyl carbamates (subject to hydrolysis) is 2. The topological polar surface area (TPSA) is 111 Å². The van der Waals surface area contributed by atoms with Crippen LogP contribution in [0.25, 0.3) is 0 Å². The Morgan fingerprint density at radius 2 is 0.889 bits per heavy atom. The lowest BCUT2D eigenvalue weighted by molar-refractivity contribution is -0.113. The summed E-state index contributed by atoms with van der Waals surface area (Å²) in [6.07, 6.45) is 13.6. The van der Waals surface area contributed by atoms with Gasteiger partial charge in [0.25, 0.3) is 0 Å². The maximum Gasteiger partial charge on any atom is 0.407 e. The summed E-state index contributed by atoms with van der Waals surface area (Å²) in [6, 6.07) is -0.143. The summed E-state index contributed by atoms with van der Waals surface area (Å²) in [5, 5.41) is 5.70. The molecule has 8 heteroatoms. The molecule has 4 atom stereocenters. The predicted octanol–water partition coefficient (Wildman–Crippen LogP) is 6.10. The third-order valence-electron chi connectivity index (χ3n) is 6.39. The van der Waals surface area contributed by atoms with E-state index in [0.29, 0.717) is 0 Å². The third-order valence-corrected chi connectivity index (χ3v) is 6.39. The van der Waals surface area contributed by atoms with E-state index in [9.17, 15) is 19.2 Å². The summed E-state index contributed by atoms with van der Waals surface area (Å²) < 4.78 is 10.5. The number of hydrogen-bond acceptors (Lipinski definition) is 6. The van der Waals surface area contributed by atoms with Crippen molar-refractivity contribution < 1.29 is 28.7 Å². The van der Waals surface area contributed by atoms with Crippen molar-refractivity contribution in [3.05, 3.63) is 0 Å². The molecule has 0 aromatic rings. The van der Waals surface area contributed by atoms with E-state index in [2.05, 4.69) is 10.6 Å². The molecule has 0 saturated heterocycles. The quantitative estimate of drug-likeness (QED) is 0.442. The summed E-state index contributed by atoms with van der Waals surface area (Å²) >= 11 is 0. The molecule has 2 aliphatic rings. The first-order valence-electron chi connectivity index (χ1n) is 13.7. The highest BCUT2D eigenvalue weighted by Gasteiger charge is 2.27. The van der Waals surface area contributed by atoms with E-state index in [4.69, 9.17) is 9.47 Å². The van der Waals surface area contributed by atoms with Gasteiger partial charge in [0, 0.05) is 23.9 Å². The molecule has 0 bridgehead atoms. The van der Waals surface area contributed by atoms with E-state index >= 15 is 0 Å². The van der Waals surface area contributed by atoms with Crippen molar-refractivity contribution in [1.29, 1.82) is 0 Å². The lowest BCUT2D eigenvalue weighted by Gasteiger charge is -2.28. The van der Waals surface area contributed by atoms with Crippen LogP contribution in [-0.2, 0) is 19.1 Å². The minimum Gasteiger partial charge on any atom is -0.444 e. The lowest BCUT2D eigenvalue weighted by atomic mass is 9.88. The SMILES string of the molecule is CC(C)(C)OC(=O)N[C@@H]1CCCCCC[C@@H]1C=O.CC(C)(C)OC(=O)N[C@H]1CCCCCC[C@H]1C=O. The van der Waals surface area contributed by atoms with E-state index in [0.717, 1.165) is 63.9 Å². The first-order chi connectivity index (χ1) is 16.8. The molecule has 0 radical (unpaired) electrons. The zero-order chi connectivity index (χ0) is 27.2. The number of nitrogens with one attached hydrogen (secondary N) is 2. The Morgan fingerprint density at radius 1 is 0.583 bits per heavy atom. The van der Waals surface area contributed by atoms with Crippen molar-refractivity contribution in [2.75, 3.05) is 0 Å². The van der Waals surface area contributed by atoms with Gasteiger partial charge in [-0.3, -0.25) is 0 Å². The molecule has 0 heterocycles. The number of carbonyl (C=O) groups is 4. The molecule has 208 valence electrons. The Hall–Kier alpha value is -2.12. The van der Waals surface area contributed by atoms with Crippen LogP contribution in [0.15, 0.2) is 0 Å². The van der Waals surface area contributed by atoms with Crippen LogP contribution in [-0.4, -0.2) is 48.0 Å². The van der Waals surface area contributed by atoms with Crippen LogP contribution in [0.2, 0.25) is 0 Å². The van der Waals surface area contributed by atoms with Crippen molar-refractivity contribution in [3.8, 4) is 0 Å². The van der Waals surface area contributed by atoms with E-state index in [1.165, 1.54) is 25.7 Å². The van der Waals surface area contributed by atoms with Gasteiger partial charge in [0.2, 0.25) is 0 Å². The molecule has 0 aromatic carbocycles. The first kappa shape index (κ1) is 31.9. The van der Waals surface area contributed by atoms with Gasteiger partial charge in [-0.15, -0.1) is 0 Å². The maximum absolute atomic E-state index is 11.7. The molecule has 8 nitrogen and oxygen atoms in total. The fourth-order valence-corrected chi connectivity index (χ4v) is 4.63. The number of aldehydes is 2. The van der Waals surface area contributed by atoms with Gasteiger partial charge in [-0.1, -0.05) is 51.4 Å². The molecule has 36 heavy (non-hydrogen) atoms. The number of hydrogen-bond donors (Lipinski definition) is 2. The Balaban J connectivity index is 0.000000360. The lowest BCUT2D eigenvalue weighted by Crippen LogP contribution is -2.44. The van der Waals surface area contributed by atoms with E-state index in [-0.39, 0.29) is 23.9 Å². The van der Waals surface area contributed by atoms with Crippen LogP contribution < -0.4 is 10.6 Å². The standard InChI is InChI=1S/2C14H25NO3/c2*1-14(2,3)18-13(17)15-12-9-7-5-4-6-8-11(12)10-16/h2*10-12H,4-9H2,1-3H3,(H,15,17)/t2*11-,12-/m10/s1. The van der Waals surface area contributed by atoms with Crippen LogP contribution in [0.4, 0.5) is 9.59 Å². The molecule has 2 aliphatic carbocycles. The Kier molecular flexibility index (Phi) is 14.1. The fraction of sp³-hybridized carbons (Fsp3) is 0.857. The highest BCUT2D eigenvalue weighted by Crippen LogP contribution is 2.23. The summed E-state index contributed by atoms with van der Waals surface area (Å²) in [4.78, 5) is 45.7. The summed E-state index contributed by atoms with van der Waals surface area (Å²) in [5.41, 5.74) is -0.995. The molecule has 2 rings (SSSR count). The van der Waals surface area contributed by atoms with Gasteiger partial charge in [-0.2, -0.15) is 0 Å². The molecular weight excluding hydrogens is 460 g/mol. The molecule has 0 aliphatic heterocycles. The molecule has 0 unspecified atom stereocenters. The molecule has 0 spiro atoms. The van der Waals surface area contributed by atoms with Crippen LogP contribution in [0.1, 0.15) is 119 Å². The average molecular weight is 511 g/mol. The predicted molar refractivity (Wildman–Crippen MR) is 141 cm³/mol. The number of carbonyl (C=O) groups excluding carboxylic acids is 4. The van der Waals surface area contributed by atoms with Gasteiger partial charge < -0.3 is 29.7 Å². The normalized spacial score (nSPS) is 25.7. The van der Waals surface area contributed by atoms with Crippen LogP contribution in [0.3, 0.4) is 0 Å². The molecule has 2 fully saturated rings. The van der Waals surface area contributed by atoms with Crippen molar-refractivity contribution >= 4 is 24.8 Å². The summed E-state index contributed by atoms with van der Waals surface area (Å²) in [7, 11) is 0. The Morgan fingerprint density at radius 3 is 1.17 bits per heavy atom. The molecule has 2 amide bonds. The maximum atomic E-state index is 11.7. The van der Waals surface area contributed by atoms with Gasteiger partial charge in [0.1, 0.15) is 23.8 Å². The summed E-state index contributed by atoms with van der Waals surface area (Å²) in [6.45, 7) is 11.0. The van der Waals surface area contributed by atoms with Crippen molar-refractivity contribution in [2.24, 2.45) is 11.8 Å². The smallest absolute Gasteiger partial charge is 0.407 e. The number of ether oxygens (including phenoxy) is 2. The highest BCUT2D eigenvalue weighted by molar-refractivity contribution is 5.69. The zero-order valence-corrected chi connectivity index (χ0v) is 23.4. The van der Waals surface area contributed by atoms with Crippen molar-refractivity contribution in [1.82, 2.24) is 10.6 Å². The molecule has 2 N–H and O–H groups in total. The molecular formula is C28H50N2O6. The van der Waals surface area contributed by atoms with Gasteiger partial charge in [-0.05, 0) is 67.2 Å². The monoisotopic (exact) mass is 510 g/mol. The van der Waals surface area contributed by atoms with Gasteiger partial charge in [0.15, 0.2) is 0 Å². The van der Waals surface area contributed by atoms with Crippen LogP contribution >= 0.6 is 0 Å². The second-order valence-corrected chi connectivity index (χ2v) is 12.1. The minimum atomic E-state index is -0.498. The Labute approximate surface area is 218 Å². The number of rotatable bonds is 4. The van der Waals surface area contributed by atoms with Gasteiger partial charge >= 0.3 is 12.2 Å². The first-order valence-corrected chi connectivity index (χ1v) is 13.7. The third kappa shape index (κ3) is 14.4. The second-order valence-electron chi connectivity index (χ2n) is 12.1. The van der Waals surface area contributed by atoms with E-state index < -0.39 is 23.4 Å².